The van der Waals surface area contributed by atoms with Crippen molar-refractivity contribution in [3.8, 4) is 0 Å². The Morgan fingerprint density at radius 1 is 1.35 bits per heavy atom. The van der Waals surface area contributed by atoms with Crippen molar-refractivity contribution in [3.05, 3.63) is 46.6 Å². The van der Waals surface area contributed by atoms with Crippen molar-refractivity contribution in [1.29, 1.82) is 0 Å². The van der Waals surface area contributed by atoms with E-state index in [0.29, 0.717) is 17.0 Å². The molecule has 4 nitrogen and oxygen atoms in total. The lowest BCUT2D eigenvalue weighted by Gasteiger charge is -2.07. The molecule has 0 bridgehead atoms. The van der Waals surface area contributed by atoms with Gasteiger partial charge in [-0.3, -0.25) is 0 Å². The van der Waals surface area contributed by atoms with Gasteiger partial charge in [0, 0.05) is 17.5 Å². The number of rotatable bonds is 5. The Kier molecular flexibility index (Phi) is 6.46. The Morgan fingerprint density at radius 3 is 2.75 bits per heavy atom. The maximum atomic E-state index is 5.99. The maximum Gasteiger partial charge on any atom is 0.233 e. The quantitative estimate of drug-likeness (QED) is 0.918. The van der Waals surface area contributed by atoms with Crippen LogP contribution in [-0.4, -0.2) is 23.2 Å². The fraction of sp³-hybridized carbons (Fsp3) is 0.429. The first-order valence-corrected chi connectivity index (χ1v) is 6.73. The van der Waals surface area contributed by atoms with E-state index < -0.39 is 0 Å². The van der Waals surface area contributed by atoms with Gasteiger partial charge in [0.15, 0.2) is 5.82 Å². The Morgan fingerprint density at radius 2 is 2.10 bits per heavy atom. The van der Waals surface area contributed by atoms with Crippen molar-refractivity contribution >= 4 is 24.0 Å². The van der Waals surface area contributed by atoms with E-state index in [4.69, 9.17) is 16.1 Å². The largest absolute Gasteiger partial charge is 0.339 e. The minimum atomic E-state index is 0. The number of nitrogens with one attached hydrogen (secondary N) is 1. The molecule has 0 radical (unpaired) electrons. The first kappa shape index (κ1) is 17.0. The van der Waals surface area contributed by atoms with Crippen LogP contribution in [0.5, 0.6) is 0 Å². The summed E-state index contributed by atoms with van der Waals surface area (Å²) < 4.78 is 5.33. The summed E-state index contributed by atoms with van der Waals surface area (Å²) in [6.07, 6.45) is 0.752. The molecule has 0 aliphatic heterocycles. The van der Waals surface area contributed by atoms with E-state index in [2.05, 4.69) is 22.4 Å². The van der Waals surface area contributed by atoms with Crippen molar-refractivity contribution in [3.63, 3.8) is 0 Å². The smallest absolute Gasteiger partial charge is 0.233 e. The number of likely N-dealkylation sites (N-methyl/N-ethyl adjacent to an activating group) is 1. The van der Waals surface area contributed by atoms with E-state index in [-0.39, 0.29) is 18.3 Å². The highest BCUT2D eigenvalue weighted by molar-refractivity contribution is 6.30. The average Bonchev–Trinajstić information content (AvgIpc) is 2.86. The molecule has 0 saturated carbocycles. The lowest BCUT2D eigenvalue weighted by molar-refractivity contribution is 0.364. The second-order valence-corrected chi connectivity index (χ2v) is 5.16. The highest BCUT2D eigenvalue weighted by atomic mass is 35.5. The second kappa shape index (κ2) is 7.62. The van der Waals surface area contributed by atoms with Crippen LogP contribution in [0.2, 0.25) is 5.02 Å². The van der Waals surface area contributed by atoms with E-state index in [1.54, 1.807) is 0 Å². The Hall–Kier alpha value is -1.10. The normalized spacial score (nSPS) is 13.6. The molecule has 6 heteroatoms. The summed E-state index contributed by atoms with van der Waals surface area (Å²) >= 11 is 5.99. The van der Waals surface area contributed by atoms with Crippen LogP contribution in [0.25, 0.3) is 0 Å². The van der Waals surface area contributed by atoms with E-state index in [1.165, 1.54) is 0 Å². The number of aromatic nitrogens is 2. The standard InChI is InChI=1S/C14H18ClN3O.ClH/c1-9(16-3)7-13-17-14(19-18-13)10(2)11-5-4-6-12(15)8-11;/h4-6,8-10,16H,7H2,1-3H3;1H. The topological polar surface area (TPSA) is 51.0 Å². The Labute approximate surface area is 130 Å². The highest BCUT2D eigenvalue weighted by Crippen LogP contribution is 2.24. The number of nitrogens with zero attached hydrogens (tertiary/aromatic N) is 2. The summed E-state index contributed by atoms with van der Waals surface area (Å²) in [5, 5.41) is 7.88. The zero-order valence-electron chi connectivity index (χ0n) is 11.8. The molecule has 1 aromatic carbocycles. The molecule has 1 N–H and O–H groups in total. The molecule has 2 aromatic rings. The predicted octanol–water partition coefficient (Wildman–Crippen LogP) is 3.45. The van der Waals surface area contributed by atoms with Crippen LogP contribution in [0.1, 0.15) is 37.0 Å². The van der Waals surface area contributed by atoms with Gasteiger partial charge in [0.1, 0.15) is 0 Å². The molecule has 0 fully saturated rings. The summed E-state index contributed by atoms with van der Waals surface area (Å²) in [5.74, 6) is 1.40. The number of halogens is 2. The Bertz CT molecular complexity index is 545. The average molecular weight is 316 g/mol. The summed E-state index contributed by atoms with van der Waals surface area (Å²) in [6.45, 7) is 4.11. The van der Waals surface area contributed by atoms with Gasteiger partial charge in [-0.2, -0.15) is 4.98 Å². The summed E-state index contributed by atoms with van der Waals surface area (Å²) in [6, 6.07) is 8.04. The van der Waals surface area contributed by atoms with E-state index >= 15 is 0 Å². The number of hydrogen-bond donors (Lipinski definition) is 1. The molecule has 2 atom stereocenters. The third kappa shape index (κ3) is 4.20. The maximum absolute atomic E-state index is 5.99. The molecular formula is C14H19Cl2N3O. The first-order valence-electron chi connectivity index (χ1n) is 6.35. The molecule has 110 valence electrons. The third-order valence-electron chi connectivity index (χ3n) is 3.18. The lowest BCUT2D eigenvalue weighted by Crippen LogP contribution is -2.24. The predicted molar refractivity (Wildman–Crippen MR) is 82.7 cm³/mol. The van der Waals surface area contributed by atoms with Crippen LogP contribution in [0.15, 0.2) is 28.8 Å². The van der Waals surface area contributed by atoms with E-state index in [9.17, 15) is 0 Å². The van der Waals surface area contributed by atoms with Crippen molar-refractivity contribution in [2.24, 2.45) is 0 Å². The van der Waals surface area contributed by atoms with Crippen LogP contribution in [0, 0.1) is 0 Å². The van der Waals surface area contributed by atoms with Crippen molar-refractivity contribution in [2.75, 3.05) is 7.05 Å². The molecule has 0 amide bonds. The zero-order chi connectivity index (χ0) is 13.8. The lowest BCUT2D eigenvalue weighted by atomic mass is 10.0. The fourth-order valence-corrected chi connectivity index (χ4v) is 2.02. The van der Waals surface area contributed by atoms with E-state index in [1.807, 2.05) is 38.2 Å². The first-order chi connectivity index (χ1) is 9.10. The number of benzene rings is 1. The van der Waals surface area contributed by atoms with Gasteiger partial charge in [0.2, 0.25) is 5.89 Å². The number of hydrogen-bond acceptors (Lipinski definition) is 4. The fourth-order valence-electron chi connectivity index (χ4n) is 1.82. The second-order valence-electron chi connectivity index (χ2n) is 4.72. The molecule has 1 heterocycles. The van der Waals surface area contributed by atoms with Crippen molar-refractivity contribution in [2.45, 2.75) is 32.2 Å². The van der Waals surface area contributed by atoms with Crippen LogP contribution < -0.4 is 5.32 Å². The van der Waals surface area contributed by atoms with Gasteiger partial charge in [0.25, 0.3) is 0 Å². The SMILES string of the molecule is CNC(C)Cc1noc(C(C)c2cccc(Cl)c2)n1.Cl. The van der Waals surface area contributed by atoms with Gasteiger partial charge in [-0.05, 0) is 38.6 Å². The van der Waals surface area contributed by atoms with Crippen LogP contribution in [-0.2, 0) is 6.42 Å². The molecule has 0 aliphatic carbocycles. The van der Waals surface area contributed by atoms with Gasteiger partial charge in [0.05, 0.1) is 5.92 Å². The molecule has 2 rings (SSSR count). The van der Waals surface area contributed by atoms with Gasteiger partial charge in [-0.15, -0.1) is 12.4 Å². The third-order valence-corrected chi connectivity index (χ3v) is 3.42. The molecule has 20 heavy (non-hydrogen) atoms. The summed E-state index contributed by atoms with van der Waals surface area (Å²) in [7, 11) is 1.92. The van der Waals surface area contributed by atoms with Crippen molar-refractivity contribution < 1.29 is 4.52 Å². The van der Waals surface area contributed by atoms with Crippen molar-refractivity contribution in [1.82, 2.24) is 15.5 Å². The van der Waals surface area contributed by atoms with Gasteiger partial charge < -0.3 is 9.84 Å². The van der Waals surface area contributed by atoms with Gasteiger partial charge >= 0.3 is 0 Å². The molecule has 0 aliphatic rings. The van der Waals surface area contributed by atoms with E-state index in [0.717, 1.165) is 17.8 Å². The molecule has 2 unspecified atom stereocenters. The summed E-state index contributed by atoms with van der Waals surface area (Å²) in [4.78, 5) is 4.44. The van der Waals surface area contributed by atoms with Crippen LogP contribution >= 0.6 is 24.0 Å². The van der Waals surface area contributed by atoms with Crippen LogP contribution in [0.4, 0.5) is 0 Å². The monoisotopic (exact) mass is 315 g/mol. The van der Waals surface area contributed by atoms with Gasteiger partial charge in [-0.25, -0.2) is 0 Å². The van der Waals surface area contributed by atoms with Gasteiger partial charge in [-0.1, -0.05) is 28.9 Å². The molecule has 1 aromatic heterocycles. The Balaban J connectivity index is 0.00000200. The molecule has 0 saturated heterocycles. The molecular weight excluding hydrogens is 297 g/mol. The summed E-state index contributed by atoms with van der Waals surface area (Å²) in [5.41, 5.74) is 1.07. The molecule has 0 spiro atoms. The highest BCUT2D eigenvalue weighted by Gasteiger charge is 2.17. The minimum Gasteiger partial charge on any atom is -0.339 e. The van der Waals surface area contributed by atoms with Crippen LogP contribution in [0.3, 0.4) is 0 Å². The minimum absolute atomic E-state index is 0. The zero-order valence-corrected chi connectivity index (χ0v) is 13.3.